The fourth-order valence-corrected chi connectivity index (χ4v) is 4.14. The lowest BCUT2D eigenvalue weighted by atomic mass is 10.1. The summed E-state index contributed by atoms with van der Waals surface area (Å²) in [5.74, 6) is 1.94. The molecule has 27 heavy (non-hydrogen) atoms. The monoisotopic (exact) mass is 371 g/mol. The van der Waals surface area contributed by atoms with Gasteiger partial charge in [-0.05, 0) is 50.6 Å². The molecule has 0 bridgehead atoms. The highest BCUT2D eigenvalue weighted by molar-refractivity contribution is 5.76. The number of nitrogens with zero attached hydrogens (tertiary/aromatic N) is 5. The average Bonchev–Trinajstić information content (AvgIpc) is 3.20. The fourth-order valence-electron chi connectivity index (χ4n) is 4.14. The molecule has 1 fully saturated rings. The summed E-state index contributed by atoms with van der Waals surface area (Å²) in [4.78, 5) is 16.9. The standard InChI is InChI=1S/C20H26FN5O/c1-24-11-2-3-17(24)20-23-22-18-10-12-25(13-14-26(18)20)19(27)9-6-15-4-7-16(21)8-5-15/h4-5,7-8,17H,2-3,6,9-14H2,1H3. The number of hydrogen-bond donors (Lipinski definition) is 0. The zero-order chi connectivity index (χ0) is 18.8. The van der Waals surface area contributed by atoms with E-state index in [2.05, 4.69) is 26.7 Å². The molecule has 0 spiro atoms. The second kappa shape index (κ2) is 7.76. The van der Waals surface area contributed by atoms with Gasteiger partial charge in [0.2, 0.25) is 5.91 Å². The van der Waals surface area contributed by atoms with Gasteiger partial charge >= 0.3 is 0 Å². The molecule has 3 heterocycles. The quantitative estimate of drug-likeness (QED) is 0.827. The number of hydrogen-bond acceptors (Lipinski definition) is 4. The molecule has 1 aromatic carbocycles. The Balaban J connectivity index is 1.37. The summed E-state index contributed by atoms with van der Waals surface area (Å²) in [5, 5.41) is 8.87. The van der Waals surface area contributed by atoms with E-state index in [4.69, 9.17) is 0 Å². The van der Waals surface area contributed by atoms with Crippen LogP contribution in [-0.2, 0) is 24.2 Å². The predicted octanol–water partition coefficient (Wildman–Crippen LogP) is 2.20. The molecule has 0 aliphatic carbocycles. The van der Waals surface area contributed by atoms with Crippen molar-refractivity contribution in [3.63, 3.8) is 0 Å². The van der Waals surface area contributed by atoms with Crippen molar-refractivity contribution < 1.29 is 9.18 Å². The van der Waals surface area contributed by atoms with Crippen LogP contribution in [0.25, 0.3) is 0 Å². The third-order valence-corrected chi connectivity index (χ3v) is 5.77. The Bertz CT molecular complexity index is 803. The van der Waals surface area contributed by atoms with E-state index in [1.165, 1.54) is 18.6 Å². The summed E-state index contributed by atoms with van der Waals surface area (Å²) in [5.41, 5.74) is 0.989. The molecular formula is C20H26FN5O. The van der Waals surface area contributed by atoms with Gasteiger partial charge in [0.05, 0.1) is 6.04 Å². The van der Waals surface area contributed by atoms with Crippen molar-refractivity contribution >= 4 is 5.91 Å². The van der Waals surface area contributed by atoms with E-state index in [0.29, 0.717) is 32.0 Å². The van der Waals surface area contributed by atoms with Crippen LogP contribution in [0.2, 0.25) is 0 Å². The Labute approximate surface area is 159 Å². The first-order chi connectivity index (χ1) is 13.1. The van der Waals surface area contributed by atoms with Gasteiger partial charge < -0.3 is 9.47 Å². The molecule has 1 atom stereocenters. The highest BCUT2D eigenvalue weighted by Crippen LogP contribution is 2.30. The molecule has 6 nitrogen and oxygen atoms in total. The number of aromatic nitrogens is 3. The molecular weight excluding hydrogens is 345 g/mol. The normalized spacial score (nSPS) is 20.5. The Kier molecular flexibility index (Phi) is 5.20. The van der Waals surface area contributed by atoms with Crippen LogP contribution in [0.5, 0.6) is 0 Å². The van der Waals surface area contributed by atoms with Gasteiger partial charge in [0.25, 0.3) is 0 Å². The lowest BCUT2D eigenvalue weighted by molar-refractivity contribution is -0.131. The van der Waals surface area contributed by atoms with Gasteiger partial charge in [-0.3, -0.25) is 9.69 Å². The van der Waals surface area contributed by atoms with Gasteiger partial charge in [0.15, 0.2) is 0 Å². The number of halogens is 1. The minimum atomic E-state index is -0.246. The second-order valence-corrected chi connectivity index (χ2v) is 7.52. The van der Waals surface area contributed by atoms with Crippen molar-refractivity contribution in [2.75, 3.05) is 26.7 Å². The maximum Gasteiger partial charge on any atom is 0.222 e. The van der Waals surface area contributed by atoms with Crippen LogP contribution in [0.1, 0.15) is 42.5 Å². The Morgan fingerprint density at radius 1 is 1.15 bits per heavy atom. The third kappa shape index (κ3) is 3.88. The van der Waals surface area contributed by atoms with Gasteiger partial charge in [0, 0.05) is 32.5 Å². The lowest BCUT2D eigenvalue weighted by Gasteiger charge is -2.22. The van der Waals surface area contributed by atoms with Crippen molar-refractivity contribution in [1.82, 2.24) is 24.6 Å². The SMILES string of the molecule is CN1CCCC1c1nnc2n1CCN(C(=O)CCc1ccc(F)cc1)CC2. The zero-order valence-electron chi connectivity index (χ0n) is 15.8. The number of carbonyl (C=O) groups excluding carboxylic acids is 1. The number of rotatable bonds is 4. The maximum atomic E-state index is 13.0. The fraction of sp³-hybridized carbons (Fsp3) is 0.550. The smallest absolute Gasteiger partial charge is 0.222 e. The molecule has 7 heteroatoms. The van der Waals surface area contributed by atoms with E-state index in [9.17, 15) is 9.18 Å². The number of fused-ring (bicyclic) bond motifs is 1. The molecule has 2 aliphatic heterocycles. The van der Waals surface area contributed by atoms with Crippen LogP contribution in [0.15, 0.2) is 24.3 Å². The van der Waals surface area contributed by atoms with E-state index < -0.39 is 0 Å². The van der Waals surface area contributed by atoms with Crippen LogP contribution in [0, 0.1) is 5.82 Å². The minimum Gasteiger partial charge on any atom is -0.340 e. The van der Waals surface area contributed by atoms with Crippen molar-refractivity contribution in [1.29, 1.82) is 0 Å². The molecule has 0 N–H and O–H groups in total. The lowest BCUT2D eigenvalue weighted by Crippen LogP contribution is -2.34. The zero-order valence-corrected chi connectivity index (χ0v) is 15.8. The predicted molar refractivity (Wildman–Crippen MR) is 99.6 cm³/mol. The molecule has 1 aromatic heterocycles. The first-order valence-electron chi connectivity index (χ1n) is 9.76. The number of benzene rings is 1. The summed E-state index contributed by atoms with van der Waals surface area (Å²) in [6, 6.07) is 6.72. The Morgan fingerprint density at radius 3 is 2.70 bits per heavy atom. The number of likely N-dealkylation sites (tertiary alicyclic amines) is 1. The molecule has 4 rings (SSSR count). The second-order valence-electron chi connectivity index (χ2n) is 7.52. The van der Waals surface area contributed by atoms with Gasteiger partial charge in [-0.2, -0.15) is 0 Å². The highest BCUT2D eigenvalue weighted by atomic mass is 19.1. The molecule has 0 radical (unpaired) electrons. The maximum absolute atomic E-state index is 13.0. The van der Waals surface area contributed by atoms with Gasteiger partial charge in [-0.15, -0.1) is 10.2 Å². The number of carbonyl (C=O) groups is 1. The van der Waals surface area contributed by atoms with Crippen LogP contribution in [0.4, 0.5) is 4.39 Å². The van der Waals surface area contributed by atoms with E-state index in [1.807, 2.05) is 4.90 Å². The molecule has 0 saturated carbocycles. The summed E-state index contributed by atoms with van der Waals surface area (Å²) in [6.45, 7) is 3.22. The number of aryl methyl sites for hydroxylation is 1. The average molecular weight is 371 g/mol. The summed E-state index contributed by atoms with van der Waals surface area (Å²) < 4.78 is 15.2. The molecule has 1 unspecified atom stereocenters. The van der Waals surface area contributed by atoms with Crippen molar-refractivity contribution in [2.24, 2.45) is 0 Å². The van der Waals surface area contributed by atoms with Gasteiger partial charge in [-0.25, -0.2) is 4.39 Å². The first-order valence-corrected chi connectivity index (χ1v) is 9.76. The molecule has 2 aromatic rings. The van der Waals surface area contributed by atoms with Crippen molar-refractivity contribution in [3.05, 3.63) is 47.3 Å². The molecule has 2 aliphatic rings. The largest absolute Gasteiger partial charge is 0.340 e. The minimum absolute atomic E-state index is 0.151. The summed E-state index contributed by atoms with van der Waals surface area (Å²) in [7, 11) is 2.14. The Hall–Kier alpha value is -2.28. The van der Waals surface area contributed by atoms with E-state index in [1.54, 1.807) is 12.1 Å². The summed E-state index contributed by atoms with van der Waals surface area (Å²) in [6.07, 6.45) is 4.14. The number of amides is 1. The molecule has 1 saturated heterocycles. The van der Waals surface area contributed by atoms with Gasteiger partial charge in [-0.1, -0.05) is 12.1 Å². The first kappa shape index (κ1) is 18.1. The van der Waals surface area contributed by atoms with Gasteiger partial charge in [0.1, 0.15) is 17.5 Å². The van der Waals surface area contributed by atoms with E-state index in [0.717, 1.165) is 43.1 Å². The topological polar surface area (TPSA) is 54.3 Å². The molecule has 144 valence electrons. The van der Waals surface area contributed by atoms with Crippen LogP contribution in [0.3, 0.4) is 0 Å². The van der Waals surface area contributed by atoms with Crippen molar-refractivity contribution in [3.8, 4) is 0 Å². The van der Waals surface area contributed by atoms with Crippen molar-refractivity contribution in [2.45, 2.75) is 44.7 Å². The third-order valence-electron chi connectivity index (χ3n) is 5.77. The van der Waals surface area contributed by atoms with E-state index >= 15 is 0 Å². The highest BCUT2D eigenvalue weighted by Gasteiger charge is 2.30. The van der Waals surface area contributed by atoms with Crippen LogP contribution >= 0.6 is 0 Å². The van der Waals surface area contributed by atoms with Crippen LogP contribution < -0.4 is 0 Å². The van der Waals surface area contributed by atoms with Crippen LogP contribution in [-0.4, -0.2) is 57.2 Å². The Morgan fingerprint density at radius 2 is 1.96 bits per heavy atom. The summed E-state index contributed by atoms with van der Waals surface area (Å²) >= 11 is 0. The van der Waals surface area contributed by atoms with E-state index in [-0.39, 0.29) is 11.7 Å². The molecule has 1 amide bonds.